The highest BCUT2D eigenvalue weighted by Crippen LogP contribution is 2.56. The number of hydrogen-bond acceptors (Lipinski definition) is 4. The van der Waals surface area contributed by atoms with Crippen molar-refractivity contribution in [1.82, 2.24) is 8.96 Å². The first-order chi connectivity index (χ1) is 32.8. The Hall–Kier alpha value is -8.61. The molecule has 0 aliphatic carbocycles. The van der Waals surface area contributed by atoms with E-state index in [9.17, 15) is 0 Å². The standard InChI is InChI=1S/C58H32B2N4O2/c1-3-15-35(16-4-1)63-42-26-28-45-47(37-19-7-9-23-43(37)65-45)51(42)60-53-50(40-22-12-14-34-30-32-62(60)55(34)40)58-52-49(57(53)63)39-21-11-13-33-29-31-61(54(33)39)59(52)41-25-27-46-48(38-20-8-10-24-44(38)66-46)56(41)64(58)36-17-5-2-6-18-36/h1-32H. The molecule has 0 atom stereocenters. The number of furan rings is 2. The van der Waals surface area contributed by atoms with Gasteiger partial charge in [-0.05, 0) is 112 Å². The largest absolute Gasteiger partial charge is 0.456 e. The quantitative estimate of drug-likeness (QED) is 0.163. The van der Waals surface area contributed by atoms with E-state index in [1.54, 1.807) is 0 Å². The van der Waals surface area contributed by atoms with Gasteiger partial charge in [0.25, 0.3) is 0 Å². The zero-order valence-corrected chi connectivity index (χ0v) is 35.2. The monoisotopic (exact) mass is 838 g/mol. The molecule has 0 bridgehead atoms. The Morgan fingerprint density at radius 2 is 0.894 bits per heavy atom. The van der Waals surface area contributed by atoms with Gasteiger partial charge >= 0.3 is 13.7 Å². The zero-order chi connectivity index (χ0) is 42.5. The summed E-state index contributed by atoms with van der Waals surface area (Å²) in [6.07, 6.45) is 4.66. The van der Waals surface area contributed by atoms with Gasteiger partial charge in [-0.25, -0.2) is 0 Å². The normalized spacial score (nSPS) is 13.9. The van der Waals surface area contributed by atoms with E-state index in [-0.39, 0.29) is 13.7 Å². The molecule has 17 rings (SSSR count). The van der Waals surface area contributed by atoms with Gasteiger partial charge in [-0.15, -0.1) is 0 Å². The predicted molar refractivity (Wildman–Crippen MR) is 273 cm³/mol. The summed E-state index contributed by atoms with van der Waals surface area (Å²) >= 11 is 0. The summed E-state index contributed by atoms with van der Waals surface area (Å²) in [4.78, 5) is 5.21. The maximum atomic E-state index is 6.77. The minimum Gasteiger partial charge on any atom is -0.456 e. The molecule has 302 valence electrons. The van der Waals surface area contributed by atoms with Gasteiger partial charge in [-0.2, -0.15) is 0 Å². The smallest absolute Gasteiger partial charge is 0.333 e. The van der Waals surface area contributed by atoms with Gasteiger partial charge in [-0.1, -0.05) is 115 Å². The number of aromatic nitrogens is 2. The van der Waals surface area contributed by atoms with Crippen molar-refractivity contribution in [3.05, 3.63) is 194 Å². The molecule has 4 aromatic heterocycles. The van der Waals surface area contributed by atoms with Gasteiger partial charge in [0, 0.05) is 66.5 Å². The van der Waals surface area contributed by atoms with Crippen LogP contribution in [-0.4, -0.2) is 22.7 Å². The number of fused-ring (bicyclic) bond motifs is 18. The van der Waals surface area contributed by atoms with Crippen LogP contribution in [0, 0.1) is 0 Å². The van der Waals surface area contributed by atoms with E-state index in [0.717, 1.165) is 66.6 Å². The minimum absolute atomic E-state index is 0.150. The summed E-state index contributed by atoms with van der Waals surface area (Å²) in [7, 11) is 0. The third kappa shape index (κ3) is 3.88. The number of hydrogen-bond donors (Lipinski definition) is 0. The molecule has 13 aromatic rings. The van der Waals surface area contributed by atoms with Crippen LogP contribution < -0.4 is 31.7 Å². The highest BCUT2D eigenvalue weighted by Gasteiger charge is 2.52. The van der Waals surface area contributed by atoms with Crippen molar-refractivity contribution in [2.24, 2.45) is 0 Å². The molecule has 9 aromatic carbocycles. The number of anilines is 6. The van der Waals surface area contributed by atoms with Crippen LogP contribution in [0.2, 0.25) is 0 Å². The molecule has 0 saturated carbocycles. The second-order valence-electron chi connectivity index (χ2n) is 18.3. The first-order valence-electron chi connectivity index (χ1n) is 22.8. The first kappa shape index (κ1) is 33.9. The minimum atomic E-state index is -0.195. The van der Waals surface area contributed by atoms with E-state index in [1.807, 2.05) is 0 Å². The summed E-state index contributed by atoms with van der Waals surface area (Å²) in [6.45, 7) is -0.345. The number of rotatable bonds is 2. The Balaban J connectivity index is 1.16. The third-order valence-corrected chi connectivity index (χ3v) is 15.3. The van der Waals surface area contributed by atoms with E-state index in [0.29, 0.717) is 0 Å². The SMILES string of the molecule is c1ccc(N2c3ccc4oc5ccccc5c4c3B3c4c(c5c6c(c42)-c2cccc4ccn(c24)B6c2ccc4oc6ccccc6c4c2N5c2ccccc2)-c2cccc4ccn3c24)cc1. The van der Waals surface area contributed by atoms with Crippen molar-refractivity contribution < 1.29 is 8.83 Å². The summed E-state index contributed by atoms with van der Waals surface area (Å²) < 4.78 is 18.7. The van der Waals surface area contributed by atoms with Crippen LogP contribution in [-0.2, 0) is 0 Å². The molecule has 0 N–H and O–H groups in total. The van der Waals surface area contributed by atoms with Crippen molar-refractivity contribution in [3.63, 3.8) is 0 Å². The fourth-order valence-electron chi connectivity index (χ4n) is 12.9. The molecule has 0 saturated heterocycles. The molecular weight excluding hydrogens is 806 g/mol. The zero-order valence-electron chi connectivity index (χ0n) is 35.2. The average Bonchev–Trinajstić information content (AvgIpc) is 4.18. The number of benzene rings is 9. The van der Waals surface area contributed by atoms with Gasteiger partial charge in [0.05, 0.1) is 22.4 Å². The Morgan fingerprint density at radius 3 is 1.56 bits per heavy atom. The number of nitrogens with zero attached hydrogens (tertiary/aromatic N) is 4. The van der Waals surface area contributed by atoms with Crippen LogP contribution in [0.25, 0.3) is 87.9 Å². The second kappa shape index (κ2) is 11.7. The van der Waals surface area contributed by atoms with Crippen LogP contribution in [0.1, 0.15) is 0 Å². The fourth-order valence-corrected chi connectivity index (χ4v) is 12.9. The maximum absolute atomic E-state index is 6.77. The Bertz CT molecular complexity index is 4330. The molecule has 0 unspecified atom stereocenters. The molecule has 0 spiro atoms. The molecule has 8 heterocycles. The van der Waals surface area contributed by atoms with E-state index >= 15 is 0 Å². The summed E-state index contributed by atoms with van der Waals surface area (Å²) in [5.74, 6) is 0. The lowest BCUT2D eigenvalue weighted by atomic mass is 9.40. The van der Waals surface area contributed by atoms with Crippen molar-refractivity contribution in [2.45, 2.75) is 0 Å². The Morgan fingerprint density at radius 1 is 0.364 bits per heavy atom. The molecule has 0 radical (unpaired) electrons. The molecule has 0 amide bonds. The number of para-hydroxylation sites is 6. The molecule has 6 nitrogen and oxygen atoms in total. The average molecular weight is 839 g/mol. The lowest BCUT2D eigenvalue weighted by molar-refractivity contribution is 0.668. The van der Waals surface area contributed by atoms with Crippen molar-refractivity contribution in [2.75, 3.05) is 9.80 Å². The Kier molecular flexibility index (Phi) is 6.03. The van der Waals surface area contributed by atoms with E-state index in [2.05, 4.69) is 213 Å². The molecule has 0 fully saturated rings. The molecular formula is C58H32B2N4O2. The van der Waals surface area contributed by atoms with Gasteiger partial charge in [-0.3, -0.25) is 0 Å². The summed E-state index contributed by atoms with van der Waals surface area (Å²) in [6, 6.07) is 66.7. The molecule has 8 heteroatoms. The Labute approximate surface area is 377 Å². The van der Waals surface area contributed by atoms with Crippen LogP contribution in [0.4, 0.5) is 34.1 Å². The topological polar surface area (TPSA) is 42.6 Å². The van der Waals surface area contributed by atoms with Crippen LogP contribution in [0.3, 0.4) is 0 Å². The highest BCUT2D eigenvalue weighted by atomic mass is 16.3. The molecule has 4 aliphatic heterocycles. The van der Waals surface area contributed by atoms with Crippen LogP contribution in [0.15, 0.2) is 203 Å². The van der Waals surface area contributed by atoms with Gasteiger partial charge in [0.1, 0.15) is 22.3 Å². The molecule has 4 aliphatic rings. The third-order valence-electron chi connectivity index (χ3n) is 15.3. The van der Waals surface area contributed by atoms with Crippen LogP contribution in [0.5, 0.6) is 0 Å². The maximum Gasteiger partial charge on any atom is 0.333 e. The van der Waals surface area contributed by atoms with Crippen molar-refractivity contribution in [1.29, 1.82) is 0 Å². The van der Waals surface area contributed by atoms with Gasteiger partial charge < -0.3 is 27.6 Å². The van der Waals surface area contributed by atoms with Crippen molar-refractivity contribution >= 4 is 135 Å². The first-order valence-corrected chi connectivity index (χ1v) is 22.8. The lowest BCUT2D eigenvalue weighted by Gasteiger charge is -2.48. The van der Waals surface area contributed by atoms with E-state index in [4.69, 9.17) is 8.83 Å². The van der Waals surface area contributed by atoms with E-state index in [1.165, 1.54) is 77.3 Å². The van der Waals surface area contributed by atoms with E-state index < -0.39 is 0 Å². The van der Waals surface area contributed by atoms with Crippen LogP contribution >= 0.6 is 0 Å². The van der Waals surface area contributed by atoms with Gasteiger partial charge in [0.2, 0.25) is 0 Å². The molecule has 66 heavy (non-hydrogen) atoms. The highest BCUT2D eigenvalue weighted by molar-refractivity contribution is 6.94. The predicted octanol–water partition coefficient (Wildman–Crippen LogP) is 12.2. The lowest BCUT2D eigenvalue weighted by Crippen LogP contribution is -2.62. The fraction of sp³-hybridized carbons (Fsp3) is 0. The second-order valence-corrected chi connectivity index (χ2v) is 18.3. The summed E-state index contributed by atoms with van der Waals surface area (Å²) in [5.41, 5.74) is 23.1. The van der Waals surface area contributed by atoms with Crippen molar-refractivity contribution in [3.8, 4) is 22.3 Å². The summed E-state index contributed by atoms with van der Waals surface area (Å²) in [5, 5.41) is 6.98. The van der Waals surface area contributed by atoms with Gasteiger partial charge in [0.15, 0.2) is 0 Å².